The van der Waals surface area contributed by atoms with Crippen molar-refractivity contribution in [2.75, 3.05) is 12.4 Å². The first kappa shape index (κ1) is 13.2. The molecule has 0 saturated heterocycles. The summed E-state index contributed by atoms with van der Waals surface area (Å²) in [5.41, 5.74) is 0.697. The molecular formula is C12H12BrCl2NO. The number of carbonyl (C=O) groups is 1. The Morgan fingerprint density at radius 3 is 2.65 bits per heavy atom. The fourth-order valence-corrected chi connectivity index (χ4v) is 2.81. The number of amides is 1. The van der Waals surface area contributed by atoms with Gasteiger partial charge in [0.05, 0.1) is 0 Å². The average Bonchev–Trinajstić information content (AvgIpc) is 3.05. The van der Waals surface area contributed by atoms with Crippen LogP contribution in [0.5, 0.6) is 0 Å². The van der Waals surface area contributed by atoms with Crippen LogP contribution in [0.4, 0.5) is 0 Å². The lowest BCUT2D eigenvalue weighted by atomic mass is 10.1. The van der Waals surface area contributed by atoms with Crippen molar-refractivity contribution in [2.24, 2.45) is 5.41 Å². The smallest absolute Gasteiger partial charge is 0.251 e. The van der Waals surface area contributed by atoms with Gasteiger partial charge in [-0.05, 0) is 31.0 Å². The van der Waals surface area contributed by atoms with E-state index < -0.39 is 0 Å². The molecule has 0 atom stereocenters. The number of benzene rings is 1. The molecule has 1 aromatic rings. The van der Waals surface area contributed by atoms with Gasteiger partial charge in [0.1, 0.15) is 0 Å². The molecule has 0 unspecified atom stereocenters. The maximum Gasteiger partial charge on any atom is 0.251 e. The van der Waals surface area contributed by atoms with Crippen molar-refractivity contribution in [3.63, 3.8) is 0 Å². The van der Waals surface area contributed by atoms with Crippen LogP contribution in [-0.4, -0.2) is 18.3 Å². The van der Waals surface area contributed by atoms with Crippen LogP contribution in [0.1, 0.15) is 23.2 Å². The lowest BCUT2D eigenvalue weighted by Crippen LogP contribution is -2.31. The summed E-state index contributed by atoms with van der Waals surface area (Å²) in [5, 5.41) is 3.45. The van der Waals surface area contributed by atoms with E-state index in [9.17, 15) is 4.79 Å². The number of rotatable bonds is 4. The highest BCUT2D eigenvalue weighted by Gasteiger charge is 2.41. The fraction of sp³-hybridized carbons (Fsp3) is 0.417. The maximum atomic E-state index is 11.9. The molecule has 5 heteroatoms. The Bertz CT molecular complexity index is 426. The number of halogens is 3. The summed E-state index contributed by atoms with van der Waals surface area (Å²) < 4.78 is 0.800. The zero-order valence-electron chi connectivity index (χ0n) is 9.10. The van der Waals surface area contributed by atoms with Crippen LogP contribution in [0, 0.1) is 5.41 Å². The monoisotopic (exact) mass is 335 g/mol. The van der Waals surface area contributed by atoms with E-state index in [1.165, 1.54) is 0 Å². The predicted molar refractivity (Wildman–Crippen MR) is 73.9 cm³/mol. The topological polar surface area (TPSA) is 29.1 Å². The second-order valence-corrected chi connectivity index (χ2v) is 6.09. The highest BCUT2D eigenvalue weighted by atomic mass is 79.9. The zero-order chi connectivity index (χ0) is 12.5. The molecular weight excluding hydrogens is 325 g/mol. The van der Waals surface area contributed by atoms with E-state index in [0.29, 0.717) is 23.0 Å². The lowest BCUT2D eigenvalue weighted by Gasteiger charge is -2.12. The van der Waals surface area contributed by atoms with E-state index >= 15 is 0 Å². The molecule has 1 aromatic carbocycles. The van der Waals surface area contributed by atoms with Gasteiger partial charge in [-0.3, -0.25) is 4.79 Å². The Kier molecular flexibility index (Phi) is 4.01. The molecule has 92 valence electrons. The minimum Gasteiger partial charge on any atom is -0.351 e. The fourth-order valence-electron chi connectivity index (χ4n) is 1.59. The summed E-state index contributed by atoms with van der Waals surface area (Å²) in [6.45, 7) is 0.638. The SMILES string of the molecule is O=C(NCC1(CCl)CC1)c1cc(Cl)cc(Br)c1. The van der Waals surface area contributed by atoms with Crippen LogP contribution in [-0.2, 0) is 0 Å². The van der Waals surface area contributed by atoms with E-state index in [1.807, 2.05) is 0 Å². The quantitative estimate of drug-likeness (QED) is 0.831. The van der Waals surface area contributed by atoms with Crippen LogP contribution >= 0.6 is 39.1 Å². The Morgan fingerprint density at radius 2 is 2.12 bits per heavy atom. The summed E-state index contributed by atoms with van der Waals surface area (Å²) in [6.07, 6.45) is 2.19. The summed E-state index contributed by atoms with van der Waals surface area (Å²) in [4.78, 5) is 11.9. The molecule has 1 fully saturated rings. The Balaban J connectivity index is 1.99. The molecule has 0 bridgehead atoms. The van der Waals surface area contributed by atoms with Gasteiger partial charge in [0.2, 0.25) is 0 Å². The number of nitrogens with one attached hydrogen (secondary N) is 1. The lowest BCUT2D eigenvalue weighted by molar-refractivity contribution is 0.0946. The molecule has 2 nitrogen and oxygen atoms in total. The van der Waals surface area contributed by atoms with Crippen LogP contribution in [0.3, 0.4) is 0 Å². The Morgan fingerprint density at radius 1 is 1.41 bits per heavy atom. The van der Waals surface area contributed by atoms with Crippen molar-refractivity contribution >= 4 is 45.0 Å². The van der Waals surface area contributed by atoms with Crippen molar-refractivity contribution in [2.45, 2.75) is 12.8 Å². The summed E-state index contributed by atoms with van der Waals surface area (Å²) in [5.74, 6) is 0.497. The highest BCUT2D eigenvalue weighted by molar-refractivity contribution is 9.10. The Hall–Kier alpha value is -0.250. The van der Waals surface area contributed by atoms with Gasteiger partial charge in [0.15, 0.2) is 0 Å². The van der Waals surface area contributed by atoms with Crippen molar-refractivity contribution in [3.05, 3.63) is 33.3 Å². The van der Waals surface area contributed by atoms with Gasteiger partial charge < -0.3 is 5.32 Å². The Labute approximate surface area is 119 Å². The van der Waals surface area contributed by atoms with Gasteiger partial charge in [-0.2, -0.15) is 0 Å². The van der Waals surface area contributed by atoms with Gasteiger partial charge >= 0.3 is 0 Å². The zero-order valence-corrected chi connectivity index (χ0v) is 12.2. The molecule has 1 N–H and O–H groups in total. The summed E-state index contributed by atoms with van der Waals surface area (Å²) >= 11 is 15.1. The minimum atomic E-state index is -0.107. The molecule has 2 rings (SSSR count). The van der Waals surface area contributed by atoms with E-state index in [-0.39, 0.29) is 11.3 Å². The molecule has 0 heterocycles. The third-order valence-electron chi connectivity index (χ3n) is 2.99. The molecule has 17 heavy (non-hydrogen) atoms. The molecule has 0 radical (unpaired) electrons. The van der Waals surface area contributed by atoms with Crippen molar-refractivity contribution in [1.29, 1.82) is 0 Å². The first-order valence-electron chi connectivity index (χ1n) is 5.35. The number of carbonyl (C=O) groups excluding carboxylic acids is 1. The highest BCUT2D eigenvalue weighted by Crippen LogP contribution is 2.45. The van der Waals surface area contributed by atoms with Gasteiger partial charge in [-0.25, -0.2) is 0 Å². The first-order chi connectivity index (χ1) is 8.04. The first-order valence-corrected chi connectivity index (χ1v) is 7.05. The van der Waals surface area contributed by atoms with Crippen LogP contribution < -0.4 is 5.32 Å². The average molecular weight is 337 g/mol. The molecule has 0 aromatic heterocycles. The normalized spacial score (nSPS) is 16.6. The molecule has 1 aliphatic rings. The van der Waals surface area contributed by atoms with E-state index in [4.69, 9.17) is 23.2 Å². The van der Waals surface area contributed by atoms with Crippen molar-refractivity contribution in [3.8, 4) is 0 Å². The molecule has 0 aliphatic heterocycles. The van der Waals surface area contributed by atoms with E-state index in [0.717, 1.165) is 17.3 Å². The van der Waals surface area contributed by atoms with E-state index in [1.54, 1.807) is 18.2 Å². The largest absolute Gasteiger partial charge is 0.351 e. The molecule has 1 aliphatic carbocycles. The van der Waals surface area contributed by atoms with Crippen LogP contribution in [0.25, 0.3) is 0 Å². The van der Waals surface area contributed by atoms with Gasteiger partial charge in [0, 0.05) is 32.9 Å². The molecule has 1 saturated carbocycles. The standard InChI is InChI=1S/C12H12BrCl2NO/c13-9-3-8(4-10(15)5-9)11(17)16-7-12(6-14)1-2-12/h3-5H,1-2,6-7H2,(H,16,17). The number of hydrogen-bond donors (Lipinski definition) is 1. The number of hydrogen-bond acceptors (Lipinski definition) is 1. The minimum absolute atomic E-state index is 0.107. The summed E-state index contributed by atoms with van der Waals surface area (Å²) in [6, 6.07) is 5.16. The van der Waals surface area contributed by atoms with E-state index in [2.05, 4.69) is 21.2 Å². The van der Waals surface area contributed by atoms with Gasteiger partial charge in [-0.1, -0.05) is 27.5 Å². The second-order valence-electron chi connectivity index (χ2n) is 4.47. The second kappa shape index (κ2) is 5.17. The number of alkyl halides is 1. The van der Waals surface area contributed by atoms with Gasteiger partial charge in [0.25, 0.3) is 5.91 Å². The maximum absolute atomic E-state index is 11.9. The van der Waals surface area contributed by atoms with Crippen molar-refractivity contribution < 1.29 is 4.79 Å². The molecule has 0 spiro atoms. The third-order valence-corrected chi connectivity index (χ3v) is 4.23. The van der Waals surface area contributed by atoms with Gasteiger partial charge in [-0.15, -0.1) is 11.6 Å². The van der Waals surface area contributed by atoms with Crippen LogP contribution in [0.2, 0.25) is 5.02 Å². The van der Waals surface area contributed by atoms with Crippen molar-refractivity contribution in [1.82, 2.24) is 5.32 Å². The molecule has 1 amide bonds. The third kappa shape index (κ3) is 3.36. The summed E-state index contributed by atoms with van der Waals surface area (Å²) in [7, 11) is 0. The predicted octanol–water partition coefficient (Wildman–Crippen LogP) is 3.85. The van der Waals surface area contributed by atoms with Crippen LogP contribution in [0.15, 0.2) is 22.7 Å².